The number of benzene rings is 3. The van der Waals surface area contributed by atoms with Crippen molar-refractivity contribution < 1.29 is 17.9 Å². The molecule has 3 aromatic carbocycles. The molecule has 4 aromatic rings. The maximum Gasteiger partial charge on any atom is 0.315 e. The van der Waals surface area contributed by atoms with Crippen LogP contribution in [0.25, 0.3) is 23.1 Å². The number of hydrogen-bond acceptors (Lipinski definition) is 6. The Morgan fingerprint density at radius 2 is 1.75 bits per heavy atom. The molecule has 0 aliphatic rings. The molecule has 0 aliphatic carbocycles. The Morgan fingerprint density at radius 1 is 1.00 bits per heavy atom. The van der Waals surface area contributed by atoms with Gasteiger partial charge in [0.25, 0.3) is 0 Å². The molecule has 6 nitrogen and oxygen atoms in total. The zero-order chi connectivity index (χ0) is 28.5. The SMILES string of the molecule is CCOC(=O)CSC(CCNS(=O)(=O)c1ccc(Cl)cc1)c1cccc(/C=C/c2ccc3ccc(Cl)cc3n2)c1. The van der Waals surface area contributed by atoms with Gasteiger partial charge in [-0.15, -0.1) is 11.8 Å². The number of fused-ring (bicyclic) bond motifs is 1. The van der Waals surface area contributed by atoms with Crippen molar-refractivity contribution in [2.75, 3.05) is 18.9 Å². The van der Waals surface area contributed by atoms with Crippen LogP contribution in [-0.4, -0.2) is 38.3 Å². The first-order valence-electron chi connectivity index (χ1n) is 12.6. The minimum Gasteiger partial charge on any atom is -0.465 e. The Labute approximate surface area is 248 Å². The summed E-state index contributed by atoms with van der Waals surface area (Å²) in [7, 11) is -3.70. The number of rotatable bonds is 12. The summed E-state index contributed by atoms with van der Waals surface area (Å²) in [5, 5.41) is 1.96. The van der Waals surface area contributed by atoms with Crippen molar-refractivity contribution in [3.05, 3.63) is 106 Å². The van der Waals surface area contributed by atoms with Crippen LogP contribution in [0.1, 0.15) is 35.4 Å². The minimum atomic E-state index is -3.70. The van der Waals surface area contributed by atoms with E-state index in [4.69, 9.17) is 27.9 Å². The summed E-state index contributed by atoms with van der Waals surface area (Å²) >= 11 is 13.4. The van der Waals surface area contributed by atoms with Crippen LogP contribution in [0.2, 0.25) is 10.0 Å². The van der Waals surface area contributed by atoms with Crippen LogP contribution in [-0.2, 0) is 19.6 Å². The molecule has 1 aromatic heterocycles. The normalized spacial score (nSPS) is 12.6. The minimum absolute atomic E-state index is 0.143. The van der Waals surface area contributed by atoms with Crippen LogP contribution in [0, 0.1) is 0 Å². The first kappa shape index (κ1) is 30.1. The van der Waals surface area contributed by atoms with Gasteiger partial charge in [-0.1, -0.05) is 65.7 Å². The van der Waals surface area contributed by atoms with Crippen molar-refractivity contribution in [2.45, 2.75) is 23.5 Å². The lowest BCUT2D eigenvalue weighted by Crippen LogP contribution is -2.25. The van der Waals surface area contributed by atoms with E-state index in [9.17, 15) is 13.2 Å². The number of carbonyl (C=O) groups is 1. The zero-order valence-corrected chi connectivity index (χ0v) is 24.9. The first-order chi connectivity index (χ1) is 19.2. The van der Waals surface area contributed by atoms with Gasteiger partial charge < -0.3 is 4.74 Å². The van der Waals surface area contributed by atoms with Crippen molar-refractivity contribution in [3.8, 4) is 0 Å². The lowest BCUT2D eigenvalue weighted by atomic mass is 10.1. The molecule has 1 heterocycles. The van der Waals surface area contributed by atoms with Crippen molar-refractivity contribution in [2.24, 2.45) is 0 Å². The third-order valence-corrected chi connectivity index (χ3v) is 9.21. The van der Waals surface area contributed by atoms with E-state index in [2.05, 4.69) is 9.71 Å². The summed E-state index contributed by atoms with van der Waals surface area (Å²) in [6.45, 7) is 2.26. The molecule has 0 amide bonds. The van der Waals surface area contributed by atoms with Crippen LogP contribution in [0.4, 0.5) is 0 Å². The highest BCUT2D eigenvalue weighted by Gasteiger charge is 2.18. The highest BCUT2D eigenvalue weighted by molar-refractivity contribution is 8.00. The molecule has 0 radical (unpaired) electrons. The summed E-state index contributed by atoms with van der Waals surface area (Å²) in [5.74, 6) is -0.149. The Balaban J connectivity index is 1.49. The molecule has 40 heavy (non-hydrogen) atoms. The standard InChI is InChI=1S/C30H28Cl2N2O4S2/c1-2-38-30(35)20-39-29(16-17-33-40(36,37)27-14-10-24(31)11-15-27)23-5-3-4-21(18-23)6-12-26-13-8-22-7-9-25(32)19-28(22)34-26/h3-15,18-19,29,33H,2,16-17,20H2,1H3/b12-6+. The highest BCUT2D eigenvalue weighted by atomic mass is 35.5. The number of hydrogen-bond donors (Lipinski definition) is 1. The fourth-order valence-corrected chi connectivity index (χ4v) is 6.37. The third kappa shape index (κ3) is 8.56. The number of ether oxygens (including phenoxy) is 1. The third-order valence-electron chi connectivity index (χ3n) is 5.93. The molecule has 1 unspecified atom stereocenters. The van der Waals surface area contributed by atoms with Gasteiger partial charge in [0.2, 0.25) is 10.0 Å². The molecule has 4 rings (SSSR count). The molecule has 0 aliphatic heterocycles. The van der Waals surface area contributed by atoms with Gasteiger partial charge in [-0.2, -0.15) is 0 Å². The number of halogens is 2. The lowest BCUT2D eigenvalue weighted by Gasteiger charge is -2.18. The van der Waals surface area contributed by atoms with Crippen LogP contribution in [0.15, 0.2) is 83.8 Å². The fourth-order valence-electron chi connectivity index (χ4n) is 3.98. The second kappa shape index (κ2) is 14.1. The molecule has 0 spiro atoms. The van der Waals surface area contributed by atoms with E-state index >= 15 is 0 Å². The van der Waals surface area contributed by atoms with Crippen molar-refractivity contribution in [1.82, 2.24) is 9.71 Å². The second-order valence-electron chi connectivity index (χ2n) is 8.82. The summed E-state index contributed by atoms with van der Waals surface area (Å²) in [4.78, 5) is 16.9. The number of thioether (sulfide) groups is 1. The van der Waals surface area contributed by atoms with E-state index in [1.54, 1.807) is 6.92 Å². The Morgan fingerprint density at radius 3 is 2.52 bits per heavy atom. The topological polar surface area (TPSA) is 85.4 Å². The molecule has 0 saturated carbocycles. The molecule has 10 heteroatoms. The van der Waals surface area contributed by atoms with Crippen LogP contribution in [0.3, 0.4) is 0 Å². The number of carbonyl (C=O) groups excluding carboxylic acids is 1. The Kier molecular flexibility index (Phi) is 10.6. The van der Waals surface area contributed by atoms with Gasteiger partial charge >= 0.3 is 5.97 Å². The summed E-state index contributed by atoms with van der Waals surface area (Å²) < 4.78 is 33.2. The molecular weight excluding hydrogens is 587 g/mol. The van der Waals surface area contributed by atoms with Crippen molar-refractivity contribution in [3.63, 3.8) is 0 Å². The predicted octanol–water partition coefficient (Wildman–Crippen LogP) is 7.42. The largest absolute Gasteiger partial charge is 0.465 e. The molecule has 0 fully saturated rings. The predicted molar refractivity (Wildman–Crippen MR) is 165 cm³/mol. The Bertz CT molecular complexity index is 1610. The van der Waals surface area contributed by atoms with Gasteiger partial charge in [-0.05, 0) is 73.0 Å². The van der Waals surface area contributed by atoms with Gasteiger partial charge in [-0.3, -0.25) is 4.79 Å². The smallest absolute Gasteiger partial charge is 0.315 e. The van der Waals surface area contributed by atoms with Gasteiger partial charge in [0.15, 0.2) is 0 Å². The molecule has 1 N–H and O–H groups in total. The van der Waals surface area contributed by atoms with Crippen molar-refractivity contribution in [1.29, 1.82) is 0 Å². The van der Waals surface area contributed by atoms with Gasteiger partial charge in [-0.25, -0.2) is 18.1 Å². The molecule has 1 atom stereocenters. The van der Waals surface area contributed by atoms with Gasteiger partial charge in [0.05, 0.1) is 28.5 Å². The first-order valence-corrected chi connectivity index (χ1v) is 15.9. The van der Waals surface area contributed by atoms with Crippen LogP contribution >= 0.6 is 35.0 Å². The molecular formula is C30H28Cl2N2O4S2. The molecule has 0 bridgehead atoms. The molecule has 208 valence electrons. The quantitative estimate of drug-likeness (QED) is 0.167. The molecule has 0 saturated heterocycles. The highest BCUT2D eigenvalue weighted by Crippen LogP contribution is 2.33. The van der Waals surface area contributed by atoms with E-state index in [1.807, 2.05) is 66.7 Å². The number of aromatic nitrogens is 1. The average molecular weight is 616 g/mol. The van der Waals surface area contributed by atoms with E-state index in [0.717, 1.165) is 27.7 Å². The Hall–Kier alpha value is -2.88. The van der Waals surface area contributed by atoms with Crippen LogP contribution < -0.4 is 4.72 Å². The van der Waals surface area contributed by atoms with Gasteiger partial charge in [0.1, 0.15) is 0 Å². The maximum absolute atomic E-state index is 12.7. The monoisotopic (exact) mass is 614 g/mol. The number of nitrogens with one attached hydrogen (secondary N) is 1. The van der Waals surface area contributed by atoms with E-state index < -0.39 is 10.0 Å². The second-order valence-corrected chi connectivity index (χ2v) is 12.7. The average Bonchev–Trinajstić information content (AvgIpc) is 2.94. The number of nitrogens with zero attached hydrogens (tertiary/aromatic N) is 1. The maximum atomic E-state index is 12.7. The van der Waals surface area contributed by atoms with Gasteiger partial charge in [0, 0.05) is 27.2 Å². The number of esters is 1. The van der Waals surface area contributed by atoms with E-state index in [1.165, 1.54) is 36.0 Å². The zero-order valence-electron chi connectivity index (χ0n) is 21.7. The fraction of sp³-hybridized carbons (Fsp3) is 0.200. The van der Waals surface area contributed by atoms with Crippen LogP contribution in [0.5, 0.6) is 0 Å². The number of pyridine rings is 1. The summed E-state index contributed by atoms with van der Waals surface area (Å²) in [5.41, 5.74) is 3.54. The van der Waals surface area contributed by atoms with E-state index in [0.29, 0.717) is 23.1 Å². The summed E-state index contributed by atoms with van der Waals surface area (Å²) in [6, 6.07) is 23.5. The lowest BCUT2D eigenvalue weighted by molar-refractivity contribution is -0.139. The number of sulfonamides is 1. The van der Waals surface area contributed by atoms with Crippen molar-refractivity contribution >= 4 is 74.0 Å². The summed E-state index contributed by atoms with van der Waals surface area (Å²) in [6.07, 6.45) is 4.37. The van der Waals surface area contributed by atoms with E-state index in [-0.39, 0.29) is 28.4 Å².